The van der Waals surface area contributed by atoms with Crippen molar-refractivity contribution in [2.75, 3.05) is 32.8 Å². The first-order valence-electron chi connectivity index (χ1n) is 8.19. The second-order valence-electron chi connectivity index (χ2n) is 5.94. The van der Waals surface area contributed by atoms with Gasteiger partial charge in [-0.15, -0.1) is 0 Å². The van der Waals surface area contributed by atoms with Gasteiger partial charge in [-0.05, 0) is 38.0 Å². The van der Waals surface area contributed by atoms with Gasteiger partial charge in [0.1, 0.15) is 0 Å². The summed E-state index contributed by atoms with van der Waals surface area (Å²) in [6.07, 6.45) is 7.88. The van der Waals surface area contributed by atoms with Gasteiger partial charge >= 0.3 is 0 Å². The maximum absolute atomic E-state index is 5.66. The van der Waals surface area contributed by atoms with Crippen LogP contribution in [0.2, 0.25) is 0 Å². The second kappa shape index (κ2) is 8.47. The molecule has 3 N–H and O–H groups in total. The van der Waals surface area contributed by atoms with Crippen molar-refractivity contribution in [3.05, 3.63) is 0 Å². The predicted octanol–water partition coefficient (Wildman–Crippen LogP) is 1.74. The van der Waals surface area contributed by atoms with Gasteiger partial charge in [0.2, 0.25) is 5.96 Å². The van der Waals surface area contributed by atoms with E-state index in [1.54, 1.807) is 0 Å². The van der Waals surface area contributed by atoms with Crippen LogP contribution in [0.1, 0.15) is 45.4 Å². The lowest BCUT2D eigenvalue weighted by atomic mass is 9.75. The topological polar surface area (TPSA) is 62.9 Å². The van der Waals surface area contributed by atoms with E-state index in [0.717, 1.165) is 57.1 Å². The average Bonchev–Trinajstić information content (AvgIpc) is 2.50. The number of guanidine groups is 1. The Labute approximate surface area is 122 Å². The first-order chi connectivity index (χ1) is 9.85. The number of fused-ring (bicyclic) bond motifs is 1. The van der Waals surface area contributed by atoms with Crippen LogP contribution in [0.4, 0.5) is 0 Å². The molecule has 5 nitrogen and oxygen atoms in total. The fourth-order valence-electron chi connectivity index (χ4n) is 3.53. The van der Waals surface area contributed by atoms with E-state index < -0.39 is 0 Å². The number of piperidine rings is 1. The minimum Gasteiger partial charge on any atom is -0.382 e. The fourth-order valence-corrected chi connectivity index (χ4v) is 3.53. The molecule has 20 heavy (non-hydrogen) atoms. The zero-order chi connectivity index (χ0) is 14.2. The summed E-state index contributed by atoms with van der Waals surface area (Å²) < 4.78 is 5.33. The smallest absolute Gasteiger partial charge is 0.208 e. The van der Waals surface area contributed by atoms with Crippen LogP contribution in [0.15, 0.2) is 4.99 Å². The molecule has 2 atom stereocenters. The number of hydrazine groups is 1. The number of nitrogens with two attached hydrogens (primary N) is 1. The zero-order valence-corrected chi connectivity index (χ0v) is 12.8. The highest BCUT2D eigenvalue weighted by atomic mass is 16.5. The molecule has 0 spiro atoms. The third-order valence-electron chi connectivity index (χ3n) is 4.63. The Kier molecular flexibility index (Phi) is 6.60. The quantitative estimate of drug-likeness (QED) is 0.265. The van der Waals surface area contributed by atoms with Crippen LogP contribution in [0.5, 0.6) is 0 Å². The maximum atomic E-state index is 5.66. The van der Waals surface area contributed by atoms with Gasteiger partial charge in [-0.2, -0.15) is 0 Å². The van der Waals surface area contributed by atoms with Crippen molar-refractivity contribution in [2.24, 2.45) is 22.7 Å². The Morgan fingerprint density at radius 2 is 2.10 bits per heavy atom. The number of likely N-dealkylation sites (tertiary alicyclic amines) is 1. The molecule has 0 aromatic rings. The summed E-state index contributed by atoms with van der Waals surface area (Å²) in [5, 5.41) is 0. The molecule has 2 fully saturated rings. The molecule has 2 unspecified atom stereocenters. The van der Waals surface area contributed by atoms with Crippen LogP contribution >= 0.6 is 0 Å². The summed E-state index contributed by atoms with van der Waals surface area (Å²) in [7, 11) is 0. The molecule has 1 heterocycles. The van der Waals surface area contributed by atoms with Crippen molar-refractivity contribution < 1.29 is 4.74 Å². The van der Waals surface area contributed by atoms with Crippen molar-refractivity contribution in [3.63, 3.8) is 0 Å². The molecule has 1 aliphatic carbocycles. The number of rotatable bonds is 5. The molecule has 1 saturated carbocycles. The number of hydrogen-bond donors (Lipinski definition) is 2. The van der Waals surface area contributed by atoms with E-state index >= 15 is 0 Å². The highest BCUT2D eigenvalue weighted by Crippen LogP contribution is 2.35. The molecule has 0 aromatic carbocycles. The van der Waals surface area contributed by atoms with Crippen LogP contribution in [-0.4, -0.2) is 43.7 Å². The van der Waals surface area contributed by atoms with Gasteiger partial charge in [0, 0.05) is 32.8 Å². The highest BCUT2D eigenvalue weighted by Gasteiger charge is 2.32. The van der Waals surface area contributed by atoms with Gasteiger partial charge < -0.3 is 9.64 Å². The number of aliphatic imine (C=N–C) groups is 1. The maximum Gasteiger partial charge on any atom is 0.208 e. The molecule has 0 bridgehead atoms. The zero-order valence-electron chi connectivity index (χ0n) is 12.8. The van der Waals surface area contributed by atoms with Crippen LogP contribution in [0, 0.1) is 11.8 Å². The largest absolute Gasteiger partial charge is 0.382 e. The monoisotopic (exact) mass is 282 g/mol. The van der Waals surface area contributed by atoms with Crippen molar-refractivity contribution in [3.8, 4) is 0 Å². The molecule has 1 saturated heterocycles. The Morgan fingerprint density at radius 1 is 1.30 bits per heavy atom. The van der Waals surface area contributed by atoms with Gasteiger partial charge in [0.25, 0.3) is 0 Å². The average molecular weight is 282 g/mol. The molecular formula is C15H30N4O. The summed E-state index contributed by atoms with van der Waals surface area (Å²) in [5.74, 6) is 8.31. The first-order valence-corrected chi connectivity index (χ1v) is 8.19. The third-order valence-corrected chi connectivity index (χ3v) is 4.63. The van der Waals surface area contributed by atoms with Crippen LogP contribution in [-0.2, 0) is 4.74 Å². The van der Waals surface area contributed by atoms with Gasteiger partial charge in [0.15, 0.2) is 0 Å². The van der Waals surface area contributed by atoms with Crippen LogP contribution in [0.3, 0.4) is 0 Å². The Hall–Kier alpha value is -0.810. The SMILES string of the molecule is CCOCCCN=C(NN)N1CCC2CCCCC2C1. The molecule has 0 amide bonds. The minimum atomic E-state index is 0.779. The van der Waals surface area contributed by atoms with Gasteiger partial charge in [-0.1, -0.05) is 19.3 Å². The second-order valence-corrected chi connectivity index (χ2v) is 5.94. The summed E-state index contributed by atoms with van der Waals surface area (Å²) >= 11 is 0. The van der Waals surface area contributed by atoms with Crippen LogP contribution < -0.4 is 11.3 Å². The lowest BCUT2D eigenvalue weighted by molar-refractivity contribution is 0.127. The summed E-state index contributed by atoms with van der Waals surface area (Å²) in [6, 6.07) is 0. The van der Waals surface area contributed by atoms with Gasteiger partial charge in [-0.3, -0.25) is 10.4 Å². The van der Waals surface area contributed by atoms with Crippen molar-refractivity contribution in [1.29, 1.82) is 0 Å². The van der Waals surface area contributed by atoms with Gasteiger partial charge in [-0.25, -0.2) is 5.84 Å². The molecule has 5 heteroatoms. The predicted molar refractivity (Wildman–Crippen MR) is 82.4 cm³/mol. The van der Waals surface area contributed by atoms with E-state index in [2.05, 4.69) is 15.3 Å². The minimum absolute atomic E-state index is 0.779. The number of ether oxygens (including phenoxy) is 1. The molecule has 0 aromatic heterocycles. The van der Waals surface area contributed by atoms with Crippen LogP contribution in [0.25, 0.3) is 0 Å². The Bertz CT molecular complexity index is 308. The number of nitrogens with zero attached hydrogens (tertiary/aromatic N) is 2. The van der Waals surface area contributed by atoms with E-state index in [9.17, 15) is 0 Å². The van der Waals surface area contributed by atoms with E-state index in [1.165, 1.54) is 32.1 Å². The van der Waals surface area contributed by atoms with E-state index in [0.29, 0.717) is 0 Å². The summed E-state index contributed by atoms with van der Waals surface area (Å²) in [6.45, 7) is 6.58. The molecule has 2 aliphatic rings. The lowest BCUT2D eigenvalue weighted by Gasteiger charge is -2.42. The normalized spacial score (nSPS) is 27.3. The van der Waals surface area contributed by atoms with E-state index in [-0.39, 0.29) is 0 Å². The summed E-state index contributed by atoms with van der Waals surface area (Å²) in [5.41, 5.74) is 2.79. The fraction of sp³-hybridized carbons (Fsp3) is 0.933. The Morgan fingerprint density at radius 3 is 2.85 bits per heavy atom. The summed E-state index contributed by atoms with van der Waals surface area (Å²) in [4.78, 5) is 6.94. The lowest BCUT2D eigenvalue weighted by Crippen LogP contribution is -2.51. The van der Waals surface area contributed by atoms with E-state index in [1.807, 2.05) is 6.92 Å². The van der Waals surface area contributed by atoms with Crippen molar-refractivity contribution in [2.45, 2.75) is 45.4 Å². The molecule has 0 radical (unpaired) electrons. The van der Waals surface area contributed by atoms with E-state index in [4.69, 9.17) is 10.6 Å². The highest BCUT2D eigenvalue weighted by molar-refractivity contribution is 5.79. The first kappa shape index (κ1) is 15.6. The molecular weight excluding hydrogens is 252 g/mol. The van der Waals surface area contributed by atoms with Crippen molar-refractivity contribution in [1.82, 2.24) is 10.3 Å². The third kappa shape index (κ3) is 4.35. The Balaban J connectivity index is 1.79. The number of hydrogen-bond acceptors (Lipinski definition) is 3. The molecule has 1 aliphatic heterocycles. The molecule has 116 valence electrons. The van der Waals surface area contributed by atoms with Gasteiger partial charge in [0.05, 0.1) is 0 Å². The standard InChI is InChI=1S/C15H30N4O/c1-2-20-11-5-9-17-15(18-16)19-10-8-13-6-3-4-7-14(13)12-19/h13-14H,2-12,16H2,1H3,(H,17,18). The molecule has 2 rings (SSSR count). The number of nitrogens with one attached hydrogen (secondary N) is 1. The van der Waals surface area contributed by atoms with Crippen molar-refractivity contribution >= 4 is 5.96 Å².